The second kappa shape index (κ2) is 8.49. The lowest BCUT2D eigenvalue weighted by Crippen LogP contribution is -2.36. The fourth-order valence-corrected chi connectivity index (χ4v) is 3.72. The average molecular weight is 392 g/mol. The summed E-state index contributed by atoms with van der Waals surface area (Å²) in [5.41, 5.74) is 3.83. The molecule has 2 atom stereocenters. The van der Waals surface area contributed by atoms with Crippen LogP contribution in [0.15, 0.2) is 59.2 Å². The number of carboxylic acids is 1. The van der Waals surface area contributed by atoms with Gasteiger partial charge in [-0.1, -0.05) is 35.9 Å². The van der Waals surface area contributed by atoms with Crippen LogP contribution in [-0.4, -0.2) is 28.6 Å². The van der Waals surface area contributed by atoms with Gasteiger partial charge in [0.05, 0.1) is 0 Å². The highest BCUT2D eigenvalue weighted by Gasteiger charge is 2.32. The van der Waals surface area contributed by atoms with Gasteiger partial charge in [0.25, 0.3) is 0 Å². The van der Waals surface area contributed by atoms with Crippen molar-refractivity contribution in [2.75, 3.05) is 6.54 Å². The van der Waals surface area contributed by atoms with Gasteiger partial charge in [0, 0.05) is 5.56 Å². The Kier molecular flexibility index (Phi) is 5.62. The van der Waals surface area contributed by atoms with Gasteiger partial charge in [-0.3, -0.25) is 4.79 Å². The number of hydrogen-bond donors (Lipinski definition) is 2. The van der Waals surface area contributed by atoms with E-state index in [1.54, 1.807) is 6.26 Å². The minimum absolute atomic E-state index is 0.0532. The minimum atomic E-state index is -0.794. The molecule has 6 heteroatoms. The van der Waals surface area contributed by atoms with Crippen molar-refractivity contribution in [1.82, 2.24) is 10.3 Å². The van der Waals surface area contributed by atoms with E-state index >= 15 is 0 Å². The summed E-state index contributed by atoms with van der Waals surface area (Å²) in [6.07, 6.45) is 3.11. The molecule has 2 heterocycles. The molecule has 6 nitrogen and oxygen atoms in total. The van der Waals surface area contributed by atoms with Crippen LogP contribution in [0.5, 0.6) is 5.75 Å². The standard InChI is InChI=1S/C23H24N2O4/c1-15-6-8-16(9-7-15)22-25-19(14-29-22)13-28-20-5-3-2-4-17(20)12-18-10-11-24-21(18)23(26)27/h2-9,14,18,21,24H,10-13H2,1H3,(H,26,27). The number of carbonyl (C=O) groups is 1. The number of oxazole rings is 1. The predicted octanol–water partition coefficient (Wildman–Crippen LogP) is 3.83. The van der Waals surface area contributed by atoms with Gasteiger partial charge in [-0.2, -0.15) is 0 Å². The van der Waals surface area contributed by atoms with Crippen molar-refractivity contribution in [2.45, 2.75) is 32.4 Å². The fourth-order valence-electron chi connectivity index (χ4n) is 3.72. The Morgan fingerprint density at radius 1 is 1.24 bits per heavy atom. The van der Waals surface area contributed by atoms with E-state index < -0.39 is 12.0 Å². The summed E-state index contributed by atoms with van der Waals surface area (Å²) in [5.74, 6) is 0.580. The van der Waals surface area contributed by atoms with Gasteiger partial charge < -0.3 is 19.6 Å². The number of aromatic nitrogens is 1. The lowest BCUT2D eigenvalue weighted by molar-refractivity contribution is -0.140. The van der Waals surface area contributed by atoms with E-state index in [0.29, 0.717) is 18.0 Å². The number of aryl methyl sites for hydroxylation is 1. The van der Waals surface area contributed by atoms with Gasteiger partial charge in [-0.15, -0.1) is 0 Å². The highest BCUT2D eigenvalue weighted by atomic mass is 16.5. The molecule has 4 rings (SSSR count). The van der Waals surface area contributed by atoms with Gasteiger partial charge >= 0.3 is 5.97 Å². The van der Waals surface area contributed by atoms with Gasteiger partial charge in [-0.05, 0) is 56.0 Å². The molecule has 2 aromatic carbocycles. The van der Waals surface area contributed by atoms with Crippen LogP contribution in [0.3, 0.4) is 0 Å². The molecule has 1 aliphatic rings. The maximum Gasteiger partial charge on any atom is 0.320 e. The number of hydrogen-bond acceptors (Lipinski definition) is 5. The number of carboxylic acid groups (broad SMARTS) is 1. The zero-order valence-corrected chi connectivity index (χ0v) is 16.3. The second-order valence-corrected chi connectivity index (χ2v) is 7.43. The molecule has 1 aromatic heterocycles. The third-order valence-corrected chi connectivity index (χ3v) is 5.30. The lowest BCUT2D eigenvalue weighted by atomic mass is 9.92. The summed E-state index contributed by atoms with van der Waals surface area (Å²) >= 11 is 0. The lowest BCUT2D eigenvalue weighted by Gasteiger charge is -2.17. The van der Waals surface area contributed by atoms with Crippen LogP contribution >= 0.6 is 0 Å². The van der Waals surface area contributed by atoms with Crippen molar-refractivity contribution in [1.29, 1.82) is 0 Å². The molecule has 1 fully saturated rings. The molecule has 0 aliphatic carbocycles. The number of nitrogens with one attached hydrogen (secondary N) is 1. The van der Waals surface area contributed by atoms with Gasteiger partial charge in [0.2, 0.25) is 5.89 Å². The Bertz CT molecular complexity index is 981. The Balaban J connectivity index is 1.43. The highest BCUT2D eigenvalue weighted by molar-refractivity contribution is 5.74. The third kappa shape index (κ3) is 4.49. The van der Waals surface area contributed by atoms with Gasteiger partial charge in [0.1, 0.15) is 30.4 Å². The van der Waals surface area contributed by atoms with Crippen LogP contribution in [-0.2, 0) is 17.8 Å². The Hall–Kier alpha value is -3.12. The van der Waals surface area contributed by atoms with E-state index in [4.69, 9.17) is 9.15 Å². The number of aliphatic carboxylic acids is 1. The SMILES string of the molecule is Cc1ccc(-c2nc(COc3ccccc3CC3CCNC3C(=O)O)co2)cc1. The van der Waals surface area contributed by atoms with E-state index in [-0.39, 0.29) is 12.5 Å². The molecular formula is C23H24N2O4. The molecule has 150 valence electrons. The van der Waals surface area contributed by atoms with Crippen LogP contribution in [0.1, 0.15) is 23.2 Å². The summed E-state index contributed by atoms with van der Waals surface area (Å²) in [4.78, 5) is 15.9. The Morgan fingerprint density at radius 2 is 2.03 bits per heavy atom. The zero-order valence-electron chi connectivity index (χ0n) is 16.3. The normalized spacial score (nSPS) is 18.7. The first-order chi connectivity index (χ1) is 14.1. The van der Waals surface area contributed by atoms with E-state index in [9.17, 15) is 9.90 Å². The third-order valence-electron chi connectivity index (χ3n) is 5.30. The minimum Gasteiger partial charge on any atom is -0.487 e. The fraction of sp³-hybridized carbons (Fsp3) is 0.304. The van der Waals surface area contributed by atoms with Crippen LogP contribution in [0.4, 0.5) is 0 Å². The average Bonchev–Trinajstić information content (AvgIpc) is 3.37. The number of ether oxygens (including phenoxy) is 1. The number of para-hydroxylation sites is 1. The molecule has 0 amide bonds. The van der Waals surface area contributed by atoms with Crippen molar-refractivity contribution in [3.8, 4) is 17.2 Å². The molecule has 0 saturated carbocycles. The first-order valence-corrected chi connectivity index (χ1v) is 9.78. The number of rotatable bonds is 7. The maximum absolute atomic E-state index is 11.4. The Morgan fingerprint density at radius 3 is 2.83 bits per heavy atom. The molecular weight excluding hydrogens is 368 g/mol. The quantitative estimate of drug-likeness (QED) is 0.636. The van der Waals surface area contributed by atoms with Crippen molar-refractivity contribution in [3.05, 3.63) is 71.6 Å². The molecule has 1 saturated heterocycles. The number of benzene rings is 2. The summed E-state index contributed by atoms with van der Waals surface area (Å²) in [5, 5.41) is 12.4. The first-order valence-electron chi connectivity index (χ1n) is 9.78. The van der Waals surface area contributed by atoms with Gasteiger partial charge in [0.15, 0.2) is 0 Å². The molecule has 1 aliphatic heterocycles. The van der Waals surface area contributed by atoms with E-state index in [2.05, 4.69) is 10.3 Å². The van der Waals surface area contributed by atoms with Crippen molar-refractivity contribution in [3.63, 3.8) is 0 Å². The highest BCUT2D eigenvalue weighted by Crippen LogP contribution is 2.28. The molecule has 0 spiro atoms. The first kappa shape index (κ1) is 19.2. The molecule has 3 aromatic rings. The molecule has 2 unspecified atom stereocenters. The van der Waals surface area contributed by atoms with Crippen molar-refractivity contribution in [2.24, 2.45) is 5.92 Å². The smallest absolute Gasteiger partial charge is 0.320 e. The summed E-state index contributed by atoms with van der Waals surface area (Å²) in [7, 11) is 0. The largest absolute Gasteiger partial charge is 0.487 e. The second-order valence-electron chi connectivity index (χ2n) is 7.43. The van der Waals surface area contributed by atoms with Crippen LogP contribution in [0, 0.1) is 12.8 Å². The summed E-state index contributed by atoms with van der Waals surface area (Å²) < 4.78 is 11.6. The van der Waals surface area contributed by atoms with Crippen molar-refractivity contribution >= 4 is 5.97 Å². The van der Waals surface area contributed by atoms with Gasteiger partial charge in [-0.25, -0.2) is 4.98 Å². The van der Waals surface area contributed by atoms with E-state index in [0.717, 1.165) is 29.8 Å². The molecule has 29 heavy (non-hydrogen) atoms. The topological polar surface area (TPSA) is 84.6 Å². The van der Waals surface area contributed by atoms with Crippen molar-refractivity contribution < 1.29 is 19.1 Å². The molecule has 0 radical (unpaired) electrons. The van der Waals surface area contributed by atoms with Crippen LogP contribution < -0.4 is 10.1 Å². The molecule has 0 bridgehead atoms. The molecule has 2 N–H and O–H groups in total. The van der Waals surface area contributed by atoms with Crippen LogP contribution in [0.2, 0.25) is 0 Å². The zero-order chi connectivity index (χ0) is 20.2. The van der Waals surface area contributed by atoms with Crippen LogP contribution in [0.25, 0.3) is 11.5 Å². The van der Waals surface area contributed by atoms with E-state index in [1.165, 1.54) is 5.56 Å². The summed E-state index contributed by atoms with van der Waals surface area (Å²) in [6.45, 7) is 3.05. The monoisotopic (exact) mass is 392 g/mol. The predicted molar refractivity (Wildman–Crippen MR) is 109 cm³/mol. The maximum atomic E-state index is 11.4. The van der Waals surface area contributed by atoms with E-state index in [1.807, 2.05) is 55.5 Å². The Labute approximate surface area is 169 Å². The number of nitrogens with zero attached hydrogens (tertiary/aromatic N) is 1. The summed E-state index contributed by atoms with van der Waals surface area (Å²) in [6, 6.07) is 15.3.